The lowest BCUT2D eigenvalue weighted by Gasteiger charge is -2.32. The lowest BCUT2D eigenvalue weighted by molar-refractivity contribution is 0.0330. The van der Waals surface area contributed by atoms with Gasteiger partial charge in [0.2, 0.25) is 0 Å². The number of rotatable bonds is 3. The normalized spacial score (nSPS) is 36.8. The van der Waals surface area contributed by atoms with E-state index in [0.29, 0.717) is 6.10 Å². The standard InChI is InChI=1S/C10H21NO/c1-3-4-8-5-6-9(11)10(7-8)12-2/h8-10H,3-7,11H2,1-2H3. The van der Waals surface area contributed by atoms with Crippen molar-refractivity contribution in [2.45, 2.75) is 51.2 Å². The van der Waals surface area contributed by atoms with Crippen molar-refractivity contribution in [2.75, 3.05) is 7.11 Å². The average Bonchev–Trinajstić information content (AvgIpc) is 2.09. The molecule has 1 fully saturated rings. The molecule has 0 saturated heterocycles. The number of hydrogen-bond donors (Lipinski definition) is 1. The van der Waals surface area contributed by atoms with Crippen LogP contribution in [0.3, 0.4) is 0 Å². The molecule has 0 bridgehead atoms. The Morgan fingerprint density at radius 3 is 2.75 bits per heavy atom. The van der Waals surface area contributed by atoms with E-state index in [0.717, 1.165) is 12.3 Å². The smallest absolute Gasteiger partial charge is 0.0724 e. The van der Waals surface area contributed by atoms with E-state index in [9.17, 15) is 0 Å². The highest BCUT2D eigenvalue weighted by atomic mass is 16.5. The topological polar surface area (TPSA) is 35.2 Å². The van der Waals surface area contributed by atoms with Crippen LogP contribution < -0.4 is 5.73 Å². The van der Waals surface area contributed by atoms with Crippen molar-refractivity contribution in [1.82, 2.24) is 0 Å². The Morgan fingerprint density at radius 2 is 2.17 bits per heavy atom. The lowest BCUT2D eigenvalue weighted by Crippen LogP contribution is -2.41. The van der Waals surface area contributed by atoms with E-state index in [4.69, 9.17) is 10.5 Å². The molecule has 1 saturated carbocycles. The largest absolute Gasteiger partial charge is 0.380 e. The third kappa shape index (κ3) is 2.46. The summed E-state index contributed by atoms with van der Waals surface area (Å²) in [5.74, 6) is 0.861. The van der Waals surface area contributed by atoms with E-state index in [1.807, 2.05) is 0 Å². The van der Waals surface area contributed by atoms with Gasteiger partial charge in [0, 0.05) is 13.2 Å². The van der Waals surface area contributed by atoms with Gasteiger partial charge >= 0.3 is 0 Å². The van der Waals surface area contributed by atoms with E-state index >= 15 is 0 Å². The maximum Gasteiger partial charge on any atom is 0.0724 e. The molecule has 0 aromatic carbocycles. The van der Waals surface area contributed by atoms with Crippen LogP contribution in [0.15, 0.2) is 0 Å². The quantitative estimate of drug-likeness (QED) is 0.704. The van der Waals surface area contributed by atoms with Gasteiger partial charge in [-0.05, 0) is 25.2 Å². The predicted molar refractivity (Wildman–Crippen MR) is 51.0 cm³/mol. The van der Waals surface area contributed by atoms with Gasteiger partial charge in [0.15, 0.2) is 0 Å². The van der Waals surface area contributed by atoms with Crippen molar-refractivity contribution in [3.63, 3.8) is 0 Å². The Kier molecular flexibility index (Phi) is 4.02. The van der Waals surface area contributed by atoms with Crippen LogP contribution in [0, 0.1) is 5.92 Å². The first kappa shape index (κ1) is 10.0. The molecule has 2 heteroatoms. The van der Waals surface area contributed by atoms with Crippen LogP contribution in [0.25, 0.3) is 0 Å². The van der Waals surface area contributed by atoms with E-state index in [1.165, 1.54) is 25.7 Å². The van der Waals surface area contributed by atoms with Gasteiger partial charge in [-0.1, -0.05) is 19.8 Å². The fraction of sp³-hybridized carbons (Fsp3) is 1.00. The SMILES string of the molecule is CCCC1CCC(N)C(OC)C1. The number of methoxy groups -OCH3 is 1. The van der Waals surface area contributed by atoms with E-state index in [-0.39, 0.29) is 6.04 Å². The summed E-state index contributed by atoms with van der Waals surface area (Å²) in [4.78, 5) is 0. The summed E-state index contributed by atoms with van der Waals surface area (Å²) >= 11 is 0. The Hall–Kier alpha value is -0.0800. The molecule has 3 atom stereocenters. The van der Waals surface area contributed by atoms with Gasteiger partial charge in [-0.25, -0.2) is 0 Å². The third-order valence-corrected chi connectivity index (χ3v) is 2.95. The van der Waals surface area contributed by atoms with Crippen molar-refractivity contribution in [1.29, 1.82) is 0 Å². The average molecular weight is 171 g/mol. The highest BCUT2D eigenvalue weighted by Crippen LogP contribution is 2.28. The highest BCUT2D eigenvalue weighted by Gasteiger charge is 2.27. The molecular weight excluding hydrogens is 150 g/mol. The van der Waals surface area contributed by atoms with E-state index < -0.39 is 0 Å². The molecule has 12 heavy (non-hydrogen) atoms. The van der Waals surface area contributed by atoms with Gasteiger partial charge in [0.05, 0.1) is 6.10 Å². The maximum atomic E-state index is 5.92. The van der Waals surface area contributed by atoms with Crippen molar-refractivity contribution in [3.05, 3.63) is 0 Å². The summed E-state index contributed by atoms with van der Waals surface area (Å²) in [5, 5.41) is 0. The fourth-order valence-electron chi connectivity index (χ4n) is 2.18. The second-order valence-corrected chi connectivity index (χ2v) is 3.91. The predicted octanol–water partition coefficient (Wildman–Crippen LogP) is 1.93. The molecule has 0 amide bonds. The Balaban J connectivity index is 2.33. The number of nitrogens with two attached hydrogens (primary N) is 1. The minimum absolute atomic E-state index is 0.281. The van der Waals surface area contributed by atoms with E-state index in [2.05, 4.69) is 6.92 Å². The molecule has 2 nitrogen and oxygen atoms in total. The zero-order valence-corrected chi connectivity index (χ0v) is 8.25. The molecule has 3 unspecified atom stereocenters. The van der Waals surface area contributed by atoms with Crippen LogP contribution in [-0.4, -0.2) is 19.3 Å². The third-order valence-electron chi connectivity index (χ3n) is 2.95. The van der Waals surface area contributed by atoms with Gasteiger partial charge in [-0.2, -0.15) is 0 Å². The van der Waals surface area contributed by atoms with Crippen molar-refractivity contribution in [2.24, 2.45) is 11.7 Å². The van der Waals surface area contributed by atoms with E-state index in [1.54, 1.807) is 7.11 Å². The van der Waals surface area contributed by atoms with Gasteiger partial charge in [-0.3, -0.25) is 0 Å². The van der Waals surface area contributed by atoms with Crippen LogP contribution in [0.2, 0.25) is 0 Å². The molecule has 72 valence electrons. The van der Waals surface area contributed by atoms with Crippen molar-refractivity contribution in [3.8, 4) is 0 Å². The van der Waals surface area contributed by atoms with Crippen LogP contribution >= 0.6 is 0 Å². The lowest BCUT2D eigenvalue weighted by atomic mass is 9.82. The molecule has 0 heterocycles. The molecule has 0 aromatic rings. The fourth-order valence-corrected chi connectivity index (χ4v) is 2.18. The Bertz CT molecular complexity index is 127. The van der Waals surface area contributed by atoms with Crippen LogP contribution in [0.1, 0.15) is 39.0 Å². The van der Waals surface area contributed by atoms with Crippen LogP contribution in [0.5, 0.6) is 0 Å². The summed E-state index contributed by atoms with van der Waals surface area (Å²) in [7, 11) is 1.78. The number of hydrogen-bond acceptors (Lipinski definition) is 2. The molecule has 0 spiro atoms. The molecular formula is C10H21NO. The molecule has 1 aliphatic rings. The van der Waals surface area contributed by atoms with Crippen LogP contribution in [-0.2, 0) is 4.74 Å². The summed E-state index contributed by atoms with van der Waals surface area (Å²) in [6.07, 6.45) is 6.56. The summed E-state index contributed by atoms with van der Waals surface area (Å²) < 4.78 is 5.35. The minimum Gasteiger partial charge on any atom is -0.380 e. The zero-order valence-electron chi connectivity index (χ0n) is 8.25. The van der Waals surface area contributed by atoms with Crippen LogP contribution in [0.4, 0.5) is 0 Å². The summed E-state index contributed by atoms with van der Waals surface area (Å²) in [5.41, 5.74) is 5.92. The second kappa shape index (κ2) is 4.83. The van der Waals surface area contributed by atoms with Gasteiger partial charge in [-0.15, -0.1) is 0 Å². The Labute approximate surface area is 75.5 Å². The monoisotopic (exact) mass is 171 g/mol. The molecule has 1 rings (SSSR count). The molecule has 0 aromatic heterocycles. The molecule has 1 aliphatic carbocycles. The van der Waals surface area contributed by atoms with Gasteiger partial charge < -0.3 is 10.5 Å². The second-order valence-electron chi connectivity index (χ2n) is 3.91. The Morgan fingerprint density at radius 1 is 1.42 bits per heavy atom. The zero-order chi connectivity index (χ0) is 8.97. The first-order valence-corrected chi connectivity index (χ1v) is 5.06. The van der Waals surface area contributed by atoms with Gasteiger partial charge in [0.1, 0.15) is 0 Å². The molecule has 0 aliphatic heterocycles. The maximum absolute atomic E-state index is 5.92. The summed E-state index contributed by atoms with van der Waals surface area (Å²) in [6, 6.07) is 0.281. The van der Waals surface area contributed by atoms with Gasteiger partial charge in [0.25, 0.3) is 0 Å². The minimum atomic E-state index is 0.281. The highest BCUT2D eigenvalue weighted by molar-refractivity contribution is 4.82. The van der Waals surface area contributed by atoms with Crippen molar-refractivity contribution >= 4 is 0 Å². The first-order chi connectivity index (χ1) is 5.77. The van der Waals surface area contributed by atoms with Crippen molar-refractivity contribution < 1.29 is 4.74 Å². The summed E-state index contributed by atoms with van der Waals surface area (Å²) in [6.45, 7) is 2.25. The molecule has 0 radical (unpaired) electrons. The number of ether oxygens (including phenoxy) is 1. The molecule has 2 N–H and O–H groups in total. The first-order valence-electron chi connectivity index (χ1n) is 5.06.